The minimum atomic E-state index is -1.00. The van der Waals surface area contributed by atoms with Crippen LogP contribution in [0.3, 0.4) is 0 Å². The van der Waals surface area contributed by atoms with Gasteiger partial charge in [0.15, 0.2) is 0 Å². The summed E-state index contributed by atoms with van der Waals surface area (Å²) in [6.45, 7) is 0.547. The molecular formula is C17H20N2O5. The van der Waals surface area contributed by atoms with Gasteiger partial charge < -0.3 is 20.7 Å². The summed E-state index contributed by atoms with van der Waals surface area (Å²) in [5, 5.41) is 18.4. The van der Waals surface area contributed by atoms with Crippen molar-refractivity contribution < 1.29 is 24.6 Å². The van der Waals surface area contributed by atoms with Crippen molar-refractivity contribution in [3.63, 3.8) is 0 Å². The maximum Gasteiger partial charge on any atom is 0.323 e. The minimum Gasteiger partial charge on any atom is -0.508 e. The summed E-state index contributed by atoms with van der Waals surface area (Å²) in [5.74, 6) is 0.377. The van der Waals surface area contributed by atoms with E-state index in [4.69, 9.17) is 15.3 Å². The second-order valence-corrected chi connectivity index (χ2v) is 5.09. The van der Waals surface area contributed by atoms with Gasteiger partial charge in [-0.05, 0) is 42.0 Å². The van der Waals surface area contributed by atoms with Crippen LogP contribution in [0.25, 0.3) is 0 Å². The molecule has 7 heteroatoms. The van der Waals surface area contributed by atoms with Crippen LogP contribution in [0.5, 0.6) is 17.2 Å². The van der Waals surface area contributed by atoms with E-state index >= 15 is 0 Å². The molecule has 0 amide bonds. The van der Waals surface area contributed by atoms with Gasteiger partial charge >= 0.3 is 5.97 Å². The van der Waals surface area contributed by atoms with E-state index in [-0.39, 0.29) is 18.8 Å². The SMILES string of the molecule is NCCON[C@@H](Cc1ccc(Oc2ccc(O)cc2)cc1)C(=O)O. The summed E-state index contributed by atoms with van der Waals surface area (Å²) in [7, 11) is 0. The lowest BCUT2D eigenvalue weighted by molar-refractivity contribution is -0.144. The average molecular weight is 332 g/mol. The van der Waals surface area contributed by atoms with Crippen LogP contribution in [0, 0.1) is 0 Å². The number of hydrogen-bond acceptors (Lipinski definition) is 6. The van der Waals surface area contributed by atoms with E-state index in [9.17, 15) is 15.0 Å². The van der Waals surface area contributed by atoms with Crippen LogP contribution in [0.2, 0.25) is 0 Å². The Morgan fingerprint density at radius 1 is 1.08 bits per heavy atom. The Labute approximate surface area is 139 Å². The van der Waals surface area contributed by atoms with Crippen LogP contribution < -0.4 is 16.0 Å². The molecule has 2 aromatic rings. The molecular weight excluding hydrogens is 312 g/mol. The lowest BCUT2D eigenvalue weighted by atomic mass is 10.1. The zero-order valence-electron chi connectivity index (χ0n) is 13.0. The second-order valence-electron chi connectivity index (χ2n) is 5.09. The van der Waals surface area contributed by atoms with E-state index in [2.05, 4.69) is 5.48 Å². The van der Waals surface area contributed by atoms with Crippen LogP contribution in [0.15, 0.2) is 48.5 Å². The molecule has 24 heavy (non-hydrogen) atoms. The Morgan fingerprint density at radius 2 is 1.67 bits per heavy atom. The van der Waals surface area contributed by atoms with E-state index in [1.54, 1.807) is 36.4 Å². The van der Waals surface area contributed by atoms with Crippen molar-refractivity contribution in [3.8, 4) is 17.2 Å². The number of ether oxygens (including phenoxy) is 1. The van der Waals surface area contributed by atoms with Gasteiger partial charge in [0.25, 0.3) is 0 Å². The Balaban J connectivity index is 1.94. The summed E-state index contributed by atoms with van der Waals surface area (Å²) < 4.78 is 5.64. The molecule has 0 saturated heterocycles. The van der Waals surface area contributed by atoms with Gasteiger partial charge in [0.05, 0.1) is 6.61 Å². The number of carboxylic acid groups (broad SMARTS) is 1. The van der Waals surface area contributed by atoms with Gasteiger partial charge in [-0.2, -0.15) is 5.48 Å². The molecule has 128 valence electrons. The summed E-state index contributed by atoms with van der Waals surface area (Å²) in [5.41, 5.74) is 8.61. The number of carbonyl (C=O) groups is 1. The Bertz CT molecular complexity index is 643. The third-order valence-corrected chi connectivity index (χ3v) is 3.18. The van der Waals surface area contributed by atoms with Crippen molar-refractivity contribution in [1.82, 2.24) is 5.48 Å². The van der Waals surface area contributed by atoms with Gasteiger partial charge in [-0.25, -0.2) is 0 Å². The number of phenolic OH excluding ortho intramolecular Hbond substituents is 1. The third kappa shape index (κ3) is 5.54. The Hall–Kier alpha value is -2.61. The number of nitrogens with one attached hydrogen (secondary N) is 1. The molecule has 0 unspecified atom stereocenters. The van der Waals surface area contributed by atoms with Crippen molar-refractivity contribution in [2.45, 2.75) is 12.5 Å². The van der Waals surface area contributed by atoms with Crippen LogP contribution >= 0.6 is 0 Å². The fraction of sp³-hybridized carbons (Fsp3) is 0.235. The first-order chi connectivity index (χ1) is 11.6. The summed E-state index contributed by atoms with van der Waals surface area (Å²) in [4.78, 5) is 16.2. The minimum absolute atomic E-state index is 0.168. The third-order valence-electron chi connectivity index (χ3n) is 3.18. The van der Waals surface area contributed by atoms with Crippen LogP contribution in [-0.4, -0.2) is 35.4 Å². The highest BCUT2D eigenvalue weighted by Gasteiger charge is 2.17. The molecule has 0 fully saturated rings. The van der Waals surface area contributed by atoms with Gasteiger partial charge in [-0.15, -0.1) is 0 Å². The number of aliphatic carboxylic acids is 1. The fourth-order valence-electron chi connectivity index (χ4n) is 1.98. The van der Waals surface area contributed by atoms with Gasteiger partial charge in [-0.3, -0.25) is 9.63 Å². The van der Waals surface area contributed by atoms with Gasteiger partial charge in [0.1, 0.15) is 23.3 Å². The van der Waals surface area contributed by atoms with Crippen molar-refractivity contribution in [2.75, 3.05) is 13.2 Å². The maximum atomic E-state index is 11.2. The molecule has 0 aromatic heterocycles. The van der Waals surface area contributed by atoms with Crippen LogP contribution in [0.4, 0.5) is 0 Å². The smallest absolute Gasteiger partial charge is 0.323 e. The first-order valence-electron chi connectivity index (χ1n) is 7.44. The zero-order valence-corrected chi connectivity index (χ0v) is 13.0. The average Bonchev–Trinajstić information content (AvgIpc) is 2.57. The quantitative estimate of drug-likeness (QED) is 0.408. The first-order valence-corrected chi connectivity index (χ1v) is 7.44. The molecule has 0 aliphatic heterocycles. The topological polar surface area (TPSA) is 114 Å². The van der Waals surface area contributed by atoms with E-state index in [1.165, 1.54) is 12.1 Å². The molecule has 2 aromatic carbocycles. The second kappa shape index (κ2) is 8.88. The van der Waals surface area contributed by atoms with E-state index in [0.717, 1.165) is 5.56 Å². The number of hydroxylamine groups is 1. The van der Waals surface area contributed by atoms with Crippen LogP contribution in [0.1, 0.15) is 5.56 Å². The van der Waals surface area contributed by atoms with E-state index in [0.29, 0.717) is 18.0 Å². The lowest BCUT2D eigenvalue weighted by Gasteiger charge is -2.14. The molecule has 2 rings (SSSR count). The molecule has 0 saturated carbocycles. The maximum absolute atomic E-state index is 11.2. The molecule has 0 aliphatic rings. The predicted octanol–water partition coefficient (Wildman–Crippen LogP) is 1.66. The monoisotopic (exact) mass is 332 g/mol. The first kappa shape index (κ1) is 17.7. The highest BCUT2D eigenvalue weighted by atomic mass is 16.6. The number of aromatic hydroxyl groups is 1. The van der Waals surface area contributed by atoms with Crippen molar-refractivity contribution in [2.24, 2.45) is 5.73 Å². The largest absolute Gasteiger partial charge is 0.508 e. The Morgan fingerprint density at radius 3 is 2.21 bits per heavy atom. The van der Waals surface area contributed by atoms with Crippen molar-refractivity contribution in [1.29, 1.82) is 0 Å². The molecule has 1 atom stereocenters. The summed E-state index contributed by atoms with van der Waals surface area (Å²) >= 11 is 0. The highest BCUT2D eigenvalue weighted by Crippen LogP contribution is 2.23. The summed E-state index contributed by atoms with van der Waals surface area (Å²) in [6, 6.07) is 12.6. The molecule has 0 spiro atoms. The standard InChI is InChI=1S/C17H20N2O5/c18-9-10-23-19-16(17(21)22)11-12-1-5-14(6-2-12)24-15-7-3-13(20)4-8-15/h1-8,16,19-20H,9-11,18H2,(H,21,22)/t16-/m0/s1. The molecule has 0 heterocycles. The molecule has 5 N–H and O–H groups in total. The number of benzene rings is 2. The number of phenols is 1. The molecule has 0 bridgehead atoms. The van der Waals surface area contributed by atoms with E-state index in [1.807, 2.05) is 0 Å². The molecule has 0 aliphatic carbocycles. The van der Waals surface area contributed by atoms with Gasteiger partial charge in [0, 0.05) is 13.0 Å². The van der Waals surface area contributed by atoms with Crippen molar-refractivity contribution >= 4 is 5.97 Å². The van der Waals surface area contributed by atoms with Crippen molar-refractivity contribution in [3.05, 3.63) is 54.1 Å². The summed E-state index contributed by atoms with van der Waals surface area (Å²) in [6.07, 6.45) is 0.263. The van der Waals surface area contributed by atoms with Gasteiger partial charge in [-0.1, -0.05) is 12.1 Å². The lowest BCUT2D eigenvalue weighted by Crippen LogP contribution is -2.39. The van der Waals surface area contributed by atoms with Gasteiger partial charge in [0.2, 0.25) is 0 Å². The predicted molar refractivity (Wildman–Crippen MR) is 87.9 cm³/mol. The fourth-order valence-corrected chi connectivity index (χ4v) is 1.98. The van der Waals surface area contributed by atoms with Crippen LogP contribution in [-0.2, 0) is 16.1 Å². The number of rotatable bonds is 9. The normalized spacial score (nSPS) is 11.9. The number of nitrogens with two attached hydrogens (primary N) is 1. The molecule has 7 nitrogen and oxygen atoms in total. The number of hydrogen-bond donors (Lipinski definition) is 4. The zero-order chi connectivity index (χ0) is 17.4. The highest BCUT2D eigenvalue weighted by molar-refractivity contribution is 5.73. The number of carboxylic acids is 1. The molecule has 0 radical (unpaired) electrons. The van der Waals surface area contributed by atoms with E-state index < -0.39 is 12.0 Å². The Kier molecular flexibility index (Phi) is 6.56.